The van der Waals surface area contributed by atoms with Gasteiger partial charge in [-0.3, -0.25) is 4.98 Å². The summed E-state index contributed by atoms with van der Waals surface area (Å²) in [5.74, 6) is 0. The van der Waals surface area contributed by atoms with Crippen molar-refractivity contribution in [2.24, 2.45) is 0 Å². The topological polar surface area (TPSA) is 12.9 Å². The summed E-state index contributed by atoms with van der Waals surface area (Å²) < 4.78 is 0. The van der Waals surface area contributed by atoms with E-state index >= 15 is 0 Å². The summed E-state index contributed by atoms with van der Waals surface area (Å²) in [6, 6.07) is 34.6. The van der Waals surface area contributed by atoms with Gasteiger partial charge in [-0.25, -0.2) is 0 Å². The van der Waals surface area contributed by atoms with Crippen molar-refractivity contribution in [1.29, 1.82) is 0 Å². The van der Waals surface area contributed by atoms with E-state index in [9.17, 15) is 0 Å². The zero-order chi connectivity index (χ0) is 20.5. The second-order valence-corrected chi connectivity index (χ2v) is 8.36. The van der Waals surface area contributed by atoms with E-state index in [-0.39, 0.29) is 0 Å². The van der Waals surface area contributed by atoms with Crippen molar-refractivity contribution in [2.45, 2.75) is 6.92 Å². The van der Waals surface area contributed by atoms with Crippen molar-refractivity contribution in [3.05, 3.63) is 109 Å². The van der Waals surface area contributed by atoms with Gasteiger partial charge in [0.2, 0.25) is 0 Å². The lowest BCUT2D eigenvalue weighted by molar-refractivity contribution is 1.40. The summed E-state index contributed by atoms with van der Waals surface area (Å²) >= 11 is 0. The zero-order valence-corrected chi connectivity index (χ0v) is 18.0. The predicted octanol–water partition coefficient (Wildman–Crippen LogP) is 7.04. The normalized spacial score (nSPS) is 11.0. The molecule has 1 heterocycles. The van der Waals surface area contributed by atoms with Crippen LogP contribution >= 0.6 is 9.24 Å². The highest BCUT2D eigenvalue weighted by Gasteiger charge is 2.05. The van der Waals surface area contributed by atoms with Crippen LogP contribution in [0, 0.1) is 6.92 Å². The molecule has 0 radical (unpaired) electrons. The van der Waals surface area contributed by atoms with Gasteiger partial charge in [0.25, 0.3) is 0 Å². The van der Waals surface area contributed by atoms with Crippen LogP contribution in [0.15, 0.2) is 103 Å². The van der Waals surface area contributed by atoms with Gasteiger partial charge in [-0.1, -0.05) is 90.5 Å². The third kappa shape index (κ3) is 3.77. The van der Waals surface area contributed by atoms with Gasteiger partial charge >= 0.3 is 0 Å². The van der Waals surface area contributed by atoms with Gasteiger partial charge < -0.3 is 0 Å². The lowest BCUT2D eigenvalue weighted by Crippen LogP contribution is -1.88. The Morgan fingerprint density at radius 2 is 1.03 bits per heavy atom. The fraction of sp³-hybridized carbons (Fsp3) is 0.0357. The van der Waals surface area contributed by atoms with Crippen molar-refractivity contribution < 1.29 is 0 Å². The number of aromatic nitrogens is 1. The molecular formula is C28H22NP. The summed E-state index contributed by atoms with van der Waals surface area (Å²) in [6.07, 6.45) is 1.97. The van der Waals surface area contributed by atoms with Gasteiger partial charge in [0, 0.05) is 17.1 Å². The van der Waals surface area contributed by atoms with E-state index in [1.807, 2.05) is 6.20 Å². The molecule has 1 atom stereocenters. The number of rotatable bonds is 3. The average Bonchev–Trinajstić information content (AvgIpc) is 2.79. The molecule has 0 fully saturated rings. The molecule has 1 nitrogen and oxygen atoms in total. The van der Waals surface area contributed by atoms with E-state index in [1.165, 1.54) is 38.7 Å². The molecular weight excluding hydrogens is 381 g/mol. The van der Waals surface area contributed by atoms with E-state index in [2.05, 4.69) is 113 Å². The highest BCUT2D eigenvalue weighted by Crippen LogP contribution is 2.28. The van der Waals surface area contributed by atoms with Crippen LogP contribution in [0.2, 0.25) is 0 Å². The Morgan fingerprint density at radius 3 is 1.70 bits per heavy atom. The standard InChI is InChI=1S/C28H22NP/c1-19-2-4-22(5-3-19)24-10-11-25-16-26(18-29-28(25)17-24)23-8-6-20(7-9-23)21-12-14-27(30)15-13-21/h2-18H,30H2,1H3. The van der Waals surface area contributed by atoms with Crippen LogP contribution in [0.1, 0.15) is 5.56 Å². The van der Waals surface area contributed by atoms with Crippen LogP contribution in [0.25, 0.3) is 44.3 Å². The first-order valence-electron chi connectivity index (χ1n) is 10.1. The molecule has 0 spiro atoms. The van der Waals surface area contributed by atoms with E-state index in [0.717, 1.165) is 16.5 Å². The van der Waals surface area contributed by atoms with E-state index in [0.29, 0.717) is 0 Å². The van der Waals surface area contributed by atoms with Gasteiger partial charge in [-0.05, 0) is 52.2 Å². The Morgan fingerprint density at radius 1 is 0.533 bits per heavy atom. The average molecular weight is 403 g/mol. The molecule has 144 valence electrons. The van der Waals surface area contributed by atoms with Crippen LogP contribution in [-0.2, 0) is 0 Å². The first kappa shape index (κ1) is 18.7. The van der Waals surface area contributed by atoms with E-state index in [1.54, 1.807) is 0 Å². The molecule has 0 aliphatic rings. The van der Waals surface area contributed by atoms with E-state index < -0.39 is 0 Å². The fourth-order valence-electron chi connectivity index (χ4n) is 3.74. The zero-order valence-electron chi connectivity index (χ0n) is 16.8. The molecule has 0 bridgehead atoms. The van der Waals surface area contributed by atoms with Crippen molar-refractivity contribution in [1.82, 2.24) is 4.98 Å². The maximum atomic E-state index is 4.75. The van der Waals surface area contributed by atoms with Gasteiger partial charge in [0.1, 0.15) is 0 Å². The Labute approximate surface area is 179 Å². The minimum absolute atomic E-state index is 1.02. The Kier molecular flexibility index (Phi) is 4.91. The van der Waals surface area contributed by atoms with Crippen LogP contribution in [0.5, 0.6) is 0 Å². The van der Waals surface area contributed by atoms with Crippen LogP contribution < -0.4 is 5.30 Å². The molecule has 5 rings (SSSR count). The summed E-state index contributed by atoms with van der Waals surface area (Å²) in [4.78, 5) is 4.75. The molecule has 4 aromatic carbocycles. The molecule has 5 aromatic rings. The van der Waals surface area contributed by atoms with Crippen molar-refractivity contribution in [3.8, 4) is 33.4 Å². The van der Waals surface area contributed by atoms with E-state index in [4.69, 9.17) is 4.98 Å². The molecule has 0 saturated heterocycles. The number of nitrogens with zero attached hydrogens (tertiary/aromatic N) is 1. The predicted molar refractivity (Wildman–Crippen MR) is 132 cm³/mol. The summed E-state index contributed by atoms with van der Waals surface area (Å²) in [7, 11) is 2.73. The first-order chi connectivity index (χ1) is 14.7. The second-order valence-electron chi connectivity index (χ2n) is 7.70. The molecule has 2 heteroatoms. The number of fused-ring (bicyclic) bond motifs is 1. The van der Waals surface area contributed by atoms with Gasteiger partial charge in [0.15, 0.2) is 0 Å². The van der Waals surface area contributed by atoms with Gasteiger partial charge in [0.05, 0.1) is 5.52 Å². The lowest BCUT2D eigenvalue weighted by atomic mass is 9.99. The monoisotopic (exact) mass is 403 g/mol. The van der Waals surface area contributed by atoms with Crippen molar-refractivity contribution >= 4 is 25.4 Å². The van der Waals surface area contributed by atoms with Gasteiger partial charge in [-0.15, -0.1) is 9.24 Å². The molecule has 0 N–H and O–H groups in total. The lowest BCUT2D eigenvalue weighted by Gasteiger charge is -2.08. The largest absolute Gasteiger partial charge is 0.256 e. The van der Waals surface area contributed by atoms with Crippen LogP contribution in [0.4, 0.5) is 0 Å². The number of aryl methyl sites for hydroxylation is 1. The summed E-state index contributed by atoms with van der Waals surface area (Å²) in [5, 5.41) is 2.35. The number of hydrogen-bond acceptors (Lipinski definition) is 1. The third-order valence-corrected chi connectivity index (χ3v) is 5.92. The molecule has 1 unspecified atom stereocenters. The number of pyridine rings is 1. The summed E-state index contributed by atoms with van der Waals surface area (Å²) in [5.41, 5.74) is 9.48. The maximum Gasteiger partial charge on any atom is 0.0708 e. The third-order valence-electron chi connectivity index (χ3n) is 5.53. The molecule has 0 amide bonds. The molecule has 1 aromatic heterocycles. The van der Waals surface area contributed by atoms with Crippen molar-refractivity contribution in [3.63, 3.8) is 0 Å². The molecule has 0 aliphatic heterocycles. The minimum atomic E-state index is 1.02. The Hall–Kier alpha value is -3.28. The van der Waals surface area contributed by atoms with Crippen LogP contribution in [0.3, 0.4) is 0 Å². The maximum absolute atomic E-state index is 4.75. The number of benzene rings is 4. The highest BCUT2D eigenvalue weighted by atomic mass is 31.0. The minimum Gasteiger partial charge on any atom is -0.256 e. The number of hydrogen-bond donors (Lipinski definition) is 0. The Balaban J connectivity index is 1.45. The second kappa shape index (κ2) is 7.86. The molecule has 30 heavy (non-hydrogen) atoms. The quantitative estimate of drug-likeness (QED) is 0.294. The smallest absolute Gasteiger partial charge is 0.0708 e. The van der Waals surface area contributed by atoms with Crippen LogP contribution in [-0.4, -0.2) is 4.98 Å². The Bertz CT molecular complexity index is 1320. The van der Waals surface area contributed by atoms with Gasteiger partial charge in [-0.2, -0.15) is 0 Å². The first-order valence-corrected chi connectivity index (χ1v) is 10.7. The SMILES string of the molecule is Cc1ccc(-c2ccc3cc(-c4ccc(-c5ccc(P)cc5)cc4)cnc3c2)cc1. The highest BCUT2D eigenvalue weighted by molar-refractivity contribution is 7.27. The van der Waals surface area contributed by atoms with Crippen molar-refractivity contribution in [2.75, 3.05) is 0 Å². The molecule has 0 aliphatic carbocycles. The molecule has 0 saturated carbocycles. The fourth-order valence-corrected chi connectivity index (χ4v) is 3.93. The summed E-state index contributed by atoms with van der Waals surface area (Å²) in [6.45, 7) is 2.11.